The normalized spacial score (nSPS) is 25.9. The molecule has 2 aliphatic rings. The largest absolute Gasteiger partial charge is 0.458 e. The van der Waals surface area contributed by atoms with Crippen LogP contribution in [0.25, 0.3) is 0 Å². The van der Waals surface area contributed by atoms with E-state index in [0.717, 1.165) is 5.57 Å². The average Bonchev–Trinajstić information content (AvgIpc) is 3.16. The Hall–Kier alpha value is -2.82. The van der Waals surface area contributed by atoms with Crippen molar-refractivity contribution in [2.45, 2.75) is 45.6 Å². The van der Waals surface area contributed by atoms with E-state index in [4.69, 9.17) is 4.74 Å². The summed E-state index contributed by atoms with van der Waals surface area (Å²) < 4.78 is 5.70. The predicted octanol–water partition coefficient (Wildman–Crippen LogP) is 3.88. The smallest absolute Gasteiger partial charge is 0.338 e. The number of esters is 1. The van der Waals surface area contributed by atoms with Gasteiger partial charge in [0, 0.05) is 24.7 Å². The summed E-state index contributed by atoms with van der Waals surface area (Å²) in [6, 6.07) is 8.66. The molecule has 1 aromatic rings. The van der Waals surface area contributed by atoms with Gasteiger partial charge < -0.3 is 4.74 Å². The minimum absolute atomic E-state index is 0.0188. The molecule has 0 spiro atoms. The third-order valence-electron chi connectivity index (χ3n) is 5.68. The Morgan fingerprint density at radius 2 is 1.86 bits per heavy atom. The van der Waals surface area contributed by atoms with Crippen LogP contribution in [0.5, 0.6) is 0 Å². The van der Waals surface area contributed by atoms with Crippen LogP contribution in [-0.4, -0.2) is 29.4 Å². The summed E-state index contributed by atoms with van der Waals surface area (Å²) in [4.78, 5) is 48.7. The lowest BCUT2D eigenvalue weighted by Crippen LogP contribution is -2.25. The van der Waals surface area contributed by atoms with E-state index in [1.807, 2.05) is 26.0 Å². The second-order valence-electron chi connectivity index (χ2n) is 8.03. The Kier molecular flexibility index (Phi) is 6.57. The molecular formula is C24H26O5. The van der Waals surface area contributed by atoms with Gasteiger partial charge in [-0.25, -0.2) is 4.79 Å². The standard InChI is InChI=1S/C24H26O5/c1-15(2)7-6-10-17(25)11-12-18-19-13-21(26)23(27)20(19)14-22(18)29-24(28)16-8-4-3-5-9-16/h3-5,7-9,11-12,18-20,22H,6,10,13-14H2,1-2H3/b12-11+/t18-,19-,20+,22-/m1/s1. The zero-order valence-electron chi connectivity index (χ0n) is 16.8. The van der Waals surface area contributed by atoms with Crippen LogP contribution in [0, 0.1) is 17.8 Å². The number of rotatable bonds is 7. The summed E-state index contributed by atoms with van der Waals surface area (Å²) in [7, 11) is 0. The molecule has 152 valence electrons. The van der Waals surface area contributed by atoms with E-state index in [1.165, 1.54) is 6.08 Å². The minimum atomic E-state index is -0.517. The maximum atomic E-state index is 12.5. The van der Waals surface area contributed by atoms with Gasteiger partial charge in [-0.05, 0) is 50.8 Å². The van der Waals surface area contributed by atoms with Gasteiger partial charge in [0.05, 0.1) is 5.56 Å². The SMILES string of the molecule is CC(C)=CCCC(=O)/C=C/[C@@H]1[C@H]2CC(=O)C(=O)[C@H]2C[C@H]1OC(=O)c1ccccc1. The van der Waals surface area contributed by atoms with Crippen molar-refractivity contribution in [1.29, 1.82) is 0 Å². The van der Waals surface area contributed by atoms with Gasteiger partial charge in [0.25, 0.3) is 0 Å². The average molecular weight is 394 g/mol. The molecule has 0 bridgehead atoms. The molecule has 5 heteroatoms. The molecular weight excluding hydrogens is 368 g/mol. The number of benzene rings is 1. The highest BCUT2D eigenvalue weighted by Gasteiger charge is 2.53. The highest BCUT2D eigenvalue weighted by Crippen LogP contribution is 2.46. The molecule has 1 aromatic carbocycles. The van der Waals surface area contributed by atoms with Crippen molar-refractivity contribution in [2.24, 2.45) is 17.8 Å². The van der Waals surface area contributed by atoms with Gasteiger partial charge in [-0.1, -0.05) is 35.9 Å². The quantitative estimate of drug-likeness (QED) is 0.304. The van der Waals surface area contributed by atoms with Crippen molar-refractivity contribution in [2.75, 3.05) is 0 Å². The first-order valence-electron chi connectivity index (χ1n) is 10.0. The number of ether oxygens (including phenoxy) is 1. The summed E-state index contributed by atoms with van der Waals surface area (Å²) in [5, 5.41) is 0. The van der Waals surface area contributed by atoms with Gasteiger partial charge in [-0.2, -0.15) is 0 Å². The number of fused-ring (bicyclic) bond motifs is 1. The molecule has 5 nitrogen and oxygen atoms in total. The molecule has 0 unspecified atom stereocenters. The molecule has 2 aliphatic carbocycles. The van der Waals surface area contributed by atoms with E-state index >= 15 is 0 Å². The van der Waals surface area contributed by atoms with Crippen molar-refractivity contribution >= 4 is 23.3 Å². The highest BCUT2D eigenvalue weighted by molar-refractivity contribution is 6.40. The van der Waals surface area contributed by atoms with Gasteiger partial charge in [0.2, 0.25) is 5.78 Å². The summed E-state index contributed by atoms with van der Waals surface area (Å²) in [6.07, 6.45) is 6.30. The molecule has 29 heavy (non-hydrogen) atoms. The van der Waals surface area contributed by atoms with Gasteiger partial charge in [0.15, 0.2) is 11.6 Å². The fourth-order valence-electron chi connectivity index (χ4n) is 4.21. The van der Waals surface area contributed by atoms with Crippen molar-refractivity contribution < 1.29 is 23.9 Å². The minimum Gasteiger partial charge on any atom is -0.458 e. The Labute approximate surface area is 170 Å². The van der Waals surface area contributed by atoms with E-state index in [1.54, 1.807) is 30.3 Å². The second kappa shape index (κ2) is 9.12. The monoisotopic (exact) mass is 394 g/mol. The topological polar surface area (TPSA) is 77.5 Å². The van der Waals surface area contributed by atoms with E-state index in [0.29, 0.717) is 24.8 Å². The second-order valence-corrected chi connectivity index (χ2v) is 8.03. The Morgan fingerprint density at radius 1 is 1.14 bits per heavy atom. The molecule has 2 fully saturated rings. The molecule has 3 rings (SSSR count). The van der Waals surface area contributed by atoms with E-state index in [-0.39, 0.29) is 35.6 Å². The van der Waals surface area contributed by atoms with Crippen LogP contribution in [0.1, 0.15) is 49.9 Å². The molecule has 2 saturated carbocycles. The van der Waals surface area contributed by atoms with Crippen molar-refractivity contribution in [3.8, 4) is 0 Å². The summed E-state index contributed by atoms with van der Waals surface area (Å²) >= 11 is 0. The molecule has 0 saturated heterocycles. The number of ketones is 3. The van der Waals surface area contributed by atoms with Crippen molar-refractivity contribution in [3.63, 3.8) is 0 Å². The molecule has 0 aromatic heterocycles. The number of carbonyl (C=O) groups is 4. The molecule has 0 heterocycles. The molecule has 0 amide bonds. The van der Waals surface area contributed by atoms with Crippen LogP contribution < -0.4 is 0 Å². The van der Waals surface area contributed by atoms with Crippen LogP contribution >= 0.6 is 0 Å². The third-order valence-corrected chi connectivity index (χ3v) is 5.68. The molecule has 0 radical (unpaired) electrons. The number of hydrogen-bond acceptors (Lipinski definition) is 5. The van der Waals surface area contributed by atoms with E-state index in [9.17, 15) is 19.2 Å². The van der Waals surface area contributed by atoms with Gasteiger partial charge >= 0.3 is 5.97 Å². The number of allylic oxidation sites excluding steroid dienone is 3. The van der Waals surface area contributed by atoms with E-state index in [2.05, 4.69) is 0 Å². The fraction of sp³-hybridized carbons (Fsp3) is 0.417. The predicted molar refractivity (Wildman–Crippen MR) is 108 cm³/mol. The van der Waals surface area contributed by atoms with Crippen molar-refractivity contribution in [3.05, 3.63) is 59.7 Å². The van der Waals surface area contributed by atoms with Crippen LogP contribution in [0.15, 0.2) is 54.1 Å². The molecule has 0 N–H and O–H groups in total. The Balaban J connectivity index is 1.72. The zero-order chi connectivity index (χ0) is 21.0. The van der Waals surface area contributed by atoms with Crippen LogP contribution in [0.3, 0.4) is 0 Å². The number of carbonyl (C=O) groups excluding carboxylic acids is 4. The number of Topliss-reactive ketones (excluding diaryl/α,β-unsaturated/α-hetero) is 2. The third kappa shape index (κ3) is 4.97. The number of hydrogen-bond donors (Lipinski definition) is 0. The highest BCUT2D eigenvalue weighted by atomic mass is 16.5. The lowest BCUT2D eigenvalue weighted by molar-refractivity contribution is -0.136. The first kappa shape index (κ1) is 20.9. The van der Waals surface area contributed by atoms with Gasteiger partial charge in [-0.3, -0.25) is 14.4 Å². The van der Waals surface area contributed by atoms with Crippen LogP contribution in [0.4, 0.5) is 0 Å². The Morgan fingerprint density at radius 3 is 2.55 bits per heavy atom. The van der Waals surface area contributed by atoms with Gasteiger partial charge in [-0.15, -0.1) is 0 Å². The lowest BCUT2D eigenvalue weighted by atomic mass is 9.90. The van der Waals surface area contributed by atoms with Crippen molar-refractivity contribution in [1.82, 2.24) is 0 Å². The van der Waals surface area contributed by atoms with Gasteiger partial charge in [0.1, 0.15) is 6.10 Å². The lowest BCUT2D eigenvalue weighted by Gasteiger charge is -2.20. The summed E-state index contributed by atoms with van der Waals surface area (Å²) in [6.45, 7) is 3.97. The van der Waals surface area contributed by atoms with E-state index < -0.39 is 18.0 Å². The van der Waals surface area contributed by atoms with Crippen LogP contribution in [-0.2, 0) is 19.1 Å². The summed E-state index contributed by atoms with van der Waals surface area (Å²) in [5.41, 5.74) is 1.60. The first-order valence-corrected chi connectivity index (χ1v) is 10.0. The Bertz CT molecular complexity index is 861. The molecule has 0 aliphatic heterocycles. The first-order chi connectivity index (χ1) is 13.9. The summed E-state index contributed by atoms with van der Waals surface area (Å²) in [5.74, 6) is -2.15. The fourth-order valence-corrected chi connectivity index (χ4v) is 4.21. The zero-order valence-corrected chi connectivity index (χ0v) is 16.8. The maximum Gasteiger partial charge on any atom is 0.338 e. The maximum absolute atomic E-state index is 12.5. The van der Waals surface area contributed by atoms with Crippen LogP contribution in [0.2, 0.25) is 0 Å². The molecule has 4 atom stereocenters.